The predicted octanol–water partition coefficient (Wildman–Crippen LogP) is 0.897. The topological polar surface area (TPSA) is 96.1 Å². The Hall–Kier alpha value is -1.40. The highest BCUT2D eigenvalue weighted by Gasteiger charge is 2.05. The Bertz CT molecular complexity index is 345. The number of aliphatic hydroxyl groups is 1. The van der Waals surface area contributed by atoms with Crippen LogP contribution in [-0.2, 0) is 6.42 Å². The van der Waals surface area contributed by atoms with Crippen molar-refractivity contribution >= 4 is 11.6 Å². The molecule has 0 amide bonds. The summed E-state index contributed by atoms with van der Waals surface area (Å²) in [6.45, 7) is 4.48. The van der Waals surface area contributed by atoms with E-state index in [-0.39, 0.29) is 6.10 Å². The van der Waals surface area contributed by atoms with Gasteiger partial charge in [-0.25, -0.2) is 15.8 Å². The van der Waals surface area contributed by atoms with Crippen molar-refractivity contribution in [2.45, 2.75) is 39.2 Å². The van der Waals surface area contributed by atoms with Crippen LogP contribution in [0.3, 0.4) is 0 Å². The lowest BCUT2D eigenvalue weighted by Crippen LogP contribution is -2.20. The zero-order valence-corrected chi connectivity index (χ0v) is 10.4. The fourth-order valence-corrected chi connectivity index (χ4v) is 1.36. The number of nitrogens with one attached hydrogen (secondary N) is 2. The van der Waals surface area contributed by atoms with Crippen LogP contribution >= 0.6 is 0 Å². The third-order valence-electron chi connectivity index (χ3n) is 2.38. The minimum Gasteiger partial charge on any atom is -0.391 e. The molecule has 17 heavy (non-hydrogen) atoms. The zero-order chi connectivity index (χ0) is 12.7. The van der Waals surface area contributed by atoms with E-state index < -0.39 is 0 Å². The molecular formula is C11H21N5O. The lowest BCUT2D eigenvalue weighted by molar-refractivity contribution is 0.183. The highest BCUT2D eigenvalue weighted by atomic mass is 16.3. The third kappa shape index (κ3) is 4.54. The lowest BCUT2D eigenvalue weighted by atomic mass is 10.3. The van der Waals surface area contributed by atoms with E-state index in [4.69, 9.17) is 5.84 Å². The average molecular weight is 239 g/mol. The Kier molecular flexibility index (Phi) is 5.65. The van der Waals surface area contributed by atoms with Crippen molar-refractivity contribution < 1.29 is 5.11 Å². The second-order valence-corrected chi connectivity index (χ2v) is 3.89. The molecule has 1 atom stereocenters. The number of nitrogen functional groups attached to an aromatic ring is 1. The van der Waals surface area contributed by atoms with Crippen molar-refractivity contribution in [3.8, 4) is 0 Å². The van der Waals surface area contributed by atoms with Gasteiger partial charge in [0, 0.05) is 19.0 Å². The molecular weight excluding hydrogens is 218 g/mol. The summed E-state index contributed by atoms with van der Waals surface area (Å²) in [6.07, 6.45) is 2.13. The summed E-state index contributed by atoms with van der Waals surface area (Å²) < 4.78 is 0. The van der Waals surface area contributed by atoms with Crippen molar-refractivity contribution in [3.63, 3.8) is 0 Å². The van der Waals surface area contributed by atoms with Crippen molar-refractivity contribution in [1.82, 2.24) is 9.97 Å². The number of aromatic nitrogens is 2. The first-order valence-electron chi connectivity index (χ1n) is 5.96. The first kappa shape index (κ1) is 13.7. The molecule has 0 fully saturated rings. The van der Waals surface area contributed by atoms with Gasteiger partial charge in [0.1, 0.15) is 17.5 Å². The number of anilines is 2. The summed E-state index contributed by atoms with van der Waals surface area (Å²) in [4.78, 5) is 8.59. The summed E-state index contributed by atoms with van der Waals surface area (Å²) in [5.74, 6) is 7.36. The summed E-state index contributed by atoms with van der Waals surface area (Å²) >= 11 is 0. The summed E-state index contributed by atoms with van der Waals surface area (Å²) in [5, 5.41) is 12.5. The number of aliphatic hydroxyl groups excluding tert-OH is 1. The van der Waals surface area contributed by atoms with E-state index in [2.05, 4.69) is 27.6 Å². The summed E-state index contributed by atoms with van der Waals surface area (Å²) in [6, 6.07) is 1.72. The van der Waals surface area contributed by atoms with Gasteiger partial charge in [-0.3, -0.25) is 0 Å². The van der Waals surface area contributed by atoms with E-state index in [9.17, 15) is 5.11 Å². The maximum atomic E-state index is 9.47. The van der Waals surface area contributed by atoms with E-state index in [0.29, 0.717) is 24.6 Å². The van der Waals surface area contributed by atoms with Gasteiger partial charge in [0.05, 0.1) is 6.10 Å². The van der Waals surface area contributed by atoms with Crippen LogP contribution in [0.4, 0.5) is 11.6 Å². The number of nitrogens with two attached hydrogens (primary N) is 1. The van der Waals surface area contributed by atoms with Crippen LogP contribution in [-0.4, -0.2) is 27.7 Å². The van der Waals surface area contributed by atoms with Crippen LogP contribution < -0.4 is 16.6 Å². The van der Waals surface area contributed by atoms with Crippen molar-refractivity contribution in [2.75, 3.05) is 17.3 Å². The van der Waals surface area contributed by atoms with Gasteiger partial charge in [0.15, 0.2) is 0 Å². The third-order valence-corrected chi connectivity index (χ3v) is 2.38. The first-order valence-corrected chi connectivity index (χ1v) is 5.96. The van der Waals surface area contributed by atoms with Crippen LogP contribution in [0, 0.1) is 0 Å². The van der Waals surface area contributed by atoms with E-state index in [1.807, 2.05) is 6.92 Å². The lowest BCUT2D eigenvalue weighted by Gasteiger charge is -2.12. The highest BCUT2D eigenvalue weighted by Crippen LogP contribution is 2.11. The molecule has 0 spiro atoms. The number of hydrogen-bond donors (Lipinski definition) is 4. The van der Waals surface area contributed by atoms with Gasteiger partial charge in [-0.15, -0.1) is 0 Å². The fourth-order valence-electron chi connectivity index (χ4n) is 1.36. The minimum atomic E-state index is -0.367. The molecule has 0 aromatic carbocycles. The molecule has 0 aliphatic rings. The largest absolute Gasteiger partial charge is 0.391 e. The second kappa shape index (κ2) is 7.03. The van der Waals surface area contributed by atoms with Gasteiger partial charge in [0.25, 0.3) is 0 Å². The number of hydrazine groups is 1. The van der Waals surface area contributed by atoms with Gasteiger partial charge >= 0.3 is 0 Å². The predicted molar refractivity (Wildman–Crippen MR) is 68.6 cm³/mol. The minimum absolute atomic E-state index is 0.367. The average Bonchev–Trinajstić information content (AvgIpc) is 2.36. The van der Waals surface area contributed by atoms with Crippen LogP contribution in [0.5, 0.6) is 0 Å². The van der Waals surface area contributed by atoms with Crippen molar-refractivity contribution in [2.24, 2.45) is 5.84 Å². The molecule has 1 unspecified atom stereocenters. The first-order chi connectivity index (χ1) is 8.19. The van der Waals surface area contributed by atoms with Gasteiger partial charge in [-0.2, -0.15) is 0 Å². The fraction of sp³-hybridized carbons (Fsp3) is 0.636. The summed E-state index contributed by atoms with van der Waals surface area (Å²) in [5.41, 5.74) is 2.51. The Morgan fingerprint density at radius 3 is 2.65 bits per heavy atom. The molecule has 1 rings (SSSR count). The molecule has 0 aliphatic heterocycles. The van der Waals surface area contributed by atoms with Crippen LogP contribution in [0.2, 0.25) is 0 Å². The maximum absolute atomic E-state index is 9.47. The Morgan fingerprint density at radius 1 is 1.35 bits per heavy atom. The molecule has 96 valence electrons. The molecule has 6 heteroatoms. The van der Waals surface area contributed by atoms with E-state index in [1.165, 1.54) is 0 Å². The normalized spacial score (nSPS) is 12.2. The quantitative estimate of drug-likeness (QED) is 0.417. The van der Waals surface area contributed by atoms with Crippen LogP contribution in [0.1, 0.15) is 32.5 Å². The van der Waals surface area contributed by atoms with Gasteiger partial charge in [-0.05, 0) is 12.8 Å². The molecule has 1 aromatic heterocycles. The van der Waals surface area contributed by atoms with E-state index in [1.54, 1.807) is 6.07 Å². The smallest absolute Gasteiger partial charge is 0.145 e. The molecule has 5 N–H and O–H groups in total. The standard InChI is InChI=1S/C11H21N5O/c1-3-5-9-14-10(6-11(15-9)16-12)13-7-8(17)4-2/h6,8,17H,3-5,7,12H2,1-2H3,(H2,13,14,15,16). The molecule has 0 aliphatic carbocycles. The number of aryl methyl sites for hydroxylation is 1. The zero-order valence-electron chi connectivity index (χ0n) is 10.4. The maximum Gasteiger partial charge on any atom is 0.145 e. The monoisotopic (exact) mass is 239 g/mol. The molecule has 1 aromatic rings. The van der Waals surface area contributed by atoms with Crippen LogP contribution in [0.15, 0.2) is 6.07 Å². The SMILES string of the molecule is CCCc1nc(NN)cc(NCC(O)CC)n1. The Morgan fingerprint density at radius 2 is 2.06 bits per heavy atom. The van der Waals surface area contributed by atoms with E-state index >= 15 is 0 Å². The molecule has 1 heterocycles. The number of hydrogen-bond acceptors (Lipinski definition) is 6. The van der Waals surface area contributed by atoms with Crippen molar-refractivity contribution in [1.29, 1.82) is 0 Å². The molecule has 0 bridgehead atoms. The molecule has 0 saturated carbocycles. The molecule has 0 saturated heterocycles. The van der Waals surface area contributed by atoms with Crippen LogP contribution in [0.25, 0.3) is 0 Å². The second-order valence-electron chi connectivity index (χ2n) is 3.89. The molecule has 6 nitrogen and oxygen atoms in total. The number of rotatable bonds is 7. The molecule has 0 radical (unpaired) electrons. The van der Waals surface area contributed by atoms with Gasteiger partial charge in [-0.1, -0.05) is 13.8 Å². The Labute approximate surface area is 102 Å². The van der Waals surface area contributed by atoms with E-state index in [0.717, 1.165) is 18.7 Å². The van der Waals surface area contributed by atoms with Gasteiger partial charge in [0.2, 0.25) is 0 Å². The number of nitrogens with zero attached hydrogens (tertiary/aromatic N) is 2. The van der Waals surface area contributed by atoms with Gasteiger partial charge < -0.3 is 15.8 Å². The Balaban J connectivity index is 2.72. The van der Waals surface area contributed by atoms with Crippen molar-refractivity contribution in [3.05, 3.63) is 11.9 Å². The summed E-state index contributed by atoms with van der Waals surface area (Å²) in [7, 11) is 0. The highest BCUT2D eigenvalue weighted by molar-refractivity contribution is 5.46.